The zero-order valence-electron chi connectivity index (χ0n) is 12.7. The van der Waals surface area contributed by atoms with Crippen LogP contribution in [0.25, 0.3) is 0 Å². The molecular weight excluding hydrogens is 274 g/mol. The Kier molecular flexibility index (Phi) is 4.64. The van der Waals surface area contributed by atoms with Crippen molar-refractivity contribution in [3.05, 3.63) is 59.7 Å². The number of anilines is 1. The third-order valence-electron chi connectivity index (χ3n) is 4.64. The summed E-state index contributed by atoms with van der Waals surface area (Å²) >= 11 is 0. The van der Waals surface area contributed by atoms with Gasteiger partial charge in [0.15, 0.2) is 0 Å². The molecule has 0 amide bonds. The summed E-state index contributed by atoms with van der Waals surface area (Å²) in [5.74, 6) is 0.923. The van der Waals surface area contributed by atoms with Crippen molar-refractivity contribution in [3.63, 3.8) is 0 Å². The smallest absolute Gasteiger partial charge is 0.115 e. The number of hydrogen-bond acceptors (Lipinski definition) is 3. The maximum Gasteiger partial charge on any atom is 0.115 e. The standard InChI is InChI=1S/C19H23NO2/c21-13-16-3-1-2-4-19(16)20-17-9-5-14(6-10-17)15-7-11-18(22)12-8-15/h1-4,7-8,11-12,14,17,20-22H,5-6,9-10,13H2. The molecule has 2 aromatic carbocycles. The number of benzene rings is 2. The Labute approximate surface area is 131 Å². The van der Waals surface area contributed by atoms with Crippen LogP contribution in [-0.4, -0.2) is 16.3 Å². The van der Waals surface area contributed by atoms with Crippen molar-refractivity contribution < 1.29 is 10.2 Å². The van der Waals surface area contributed by atoms with Gasteiger partial charge in [-0.1, -0.05) is 30.3 Å². The summed E-state index contributed by atoms with van der Waals surface area (Å²) in [7, 11) is 0. The Morgan fingerprint density at radius 3 is 2.27 bits per heavy atom. The van der Waals surface area contributed by atoms with Gasteiger partial charge < -0.3 is 15.5 Å². The zero-order chi connectivity index (χ0) is 15.4. The number of aromatic hydroxyl groups is 1. The fourth-order valence-corrected chi connectivity index (χ4v) is 3.34. The van der Waals surface area contributed by atoms with E-state index in [0.29, 0.717) is 17.7 Å². The largest absolute Gasteiger partial charge is 0.508 e. The van der Waals surface area contributed by atoms with E-state index < -0.39 is 0 Å². The molecule has 0 aromatic heterocycles. The van der Waals surface area contributed by atoms with Crippen molar-refractivity contribution in [2.75, 3.05) is 5.32 Å². The predicted molar refractivity (Wildman–Crippen MR) is 89.1 cm³/mol. The van der Waals surface area contributed by atoms with Crippen molar-refractivity contribution in [1.29, 1.82) is 0 Å². The SMILES string of the molecule is OCc1ccccc1NC1CCC(c2ccc(O)cc2)CC1. The van der Waals surface area contributed by atoms with E-state index in [1.807, 2.05) is 36.4 Å². The molecule has 3 nitrogen and oxygen atoms in total. The number of hydrogen-bond donors (Lipinski definition) is 3. The molecule has 1 saturated carbocycles. The van der Waals surface area contributed by atoms with Crippen LogP contribution < -0.4 is 5.32 Å². The molecule has 0 unspecified atom stereocenters. The fourth-order valence-electron chi connectivity index (χ4n) is 3.34. The lowest BCUT2D eigenvalue weighted by Gasteiger charge is -2.30. The first-order valence-corrected chi connectivity index (χ1v) is 8.00. The van der Waals surface area contributed by atoms with Crippen LogP contribution in [0.1, 0.15) is 42.7 Å². The lowest BCUT2D eigenvalue weighted by atomic mass is 9.81. The molecule has 3 rings (SSSR count). The minimum Gasteiger partial charge on any atom is -0.508 e. The number of para-hydroxylation sites is 1. The highest BCUT2D eigenvalue weighted by Crippen LogP contribution is 2.34. The third kappa shape index (κ3) is 3.42. The summed E-state index contributed by atoms with van der Waals surface area (Å²) in [4.78, 5) is 0. The number of aliphatic hydroxyl groups is 1. The van der Waals surface area contributed by atoms with E-state index >= 15 is 0 Å². The molecule has 3 heteroatoms. The Morgan fingerprint density at radius 1 is 0.909 bits per heavy atom. The van der Waals surface area contributed by atoms with Crippen molar-refractivity contribution >= 4 is 5.69 Å². The molecule has 0 saturated heterocycles. The van der Waals surface area contributed by atoms with Gasteiger partial charge in [0.2, 0.25) is 0 Å². The topological polar surface area (TPSA) is 52.5 Å². The van der Waals surface area contributed by atoms with Gasteiger partial charge in [0.1, 0.15) is 5.75 Å². The maximum absolute atomic E-state index is 9.40. The predicted octanol–water partition coefficient (Wildman–Crippen LogP) is 4.02. The van der Waals surface area contributed by atoms with Crippen molar-refractivity contribution in [1.82, 2.24) is 0 Å². The summed E-state index contributed by atoms with van der Waals surface area (Å²) in [5, 5.41) is 22.4. The van der Waals surface area contributed by atoms with Crippen LogP contribution in [0.5, 0.6) is 5.75 Å². The maximum atomic E-state index is 9.40. The van der Waals surface area contributed by atoms with Crippen LogP contribution in [0.2, 0.25) is 0 Å². The van der Waals surface area contributed by atoms with E-state index in [0.717, 1.165) is 36.9 Å². The fraction of sp³-hybridized carbons (Fsp3) is 0.368. The molecule has 2 aromatic rings. The van der Waals surface area contributed by atoms with E-state index in [1.165, 1.54) is 5.56 Å². The van der Waals surface area contributed by atoms with E-state index in [9.17, 15) is 10.2 Å². The van der Waals surface area contributed by atoms with Gasteiger partial charge in [0, 0.05) is 17.3 Å². The molecule has 3 N–H and O–H groups in total. The monoisotopic (exact) mass is 297 g/mol. The third-order valence-corrected chi connectivity index (χ3v) is 4.64. The summed E-state index contributed by atoms with van der Waals surface area (Å²) in [6.45, 7) is 0.0754. The van der Waals surface area contributed by atoms with Gasteiger partial charge in [-0.2, -0.15) is 0 Å². The first kappa shape index (κ1) is 14.9. The highest BCUT2D eigenvalue weighted by atomic mass is 16.3. The van der Waals surface area contributed by atoms with Gasteiger partial charge >= 0.3 is 0 Å². The summed E-state index contributed by atoms with van der Waals surface area (Å²) in [5.41, 5.74) is 3.34. The lowest BCUT2D eigenvalue weighted by Crippen LogP contribution is -2.25. The van der Waals surface area contributed by atoms with Gasteiger partial charge in [0.05, 0.1) is 6.61 Å². The molecule has 0 atom stereocenters. The second-order valence-corrected chi connectivity index (χ2v) is 6.10. The van der Waals surface area contributed by atoms with E-state index in [4.69, 9.17) is 0 Å². The zero-order valence-corrected chi connectivity index (χ0v) is 12.7. The van der Waals surface area contributed by atoms with Gasteiger partial charge in [-0.3, -0.25) is 0 Å². The molecular formula is C19H23NO2. The van der Waals surface area contributed by atoms with Gasteiger partial charge in [-0.15, -0.1) is 0 Å². The van der Waals surface area contributed by atoms with E-state index in [2.05, 4.69) is 5.32 Å². The van der Waals surface area contributed by atoms with Crippen LogP contribution in [0, 0.1) is 0 Å². The second kappa shape index (κ2) is 6.84. The van der Waals surface area contributed by atoms with Crippen LogP contribution in [0.4, 0.5) is 5.69 Å². The van der Waals surface area contributed by atoms with Gasteiger partial charge in [-0.05, 0) is 55.4 Å². The molecule has 1 aliphatic carbocycles. The van der Waals surface area contributed by atoms with Crippen LogP contribution in [0.3, 0.4) is 0 Å². The highest BCUT2D eigenvalue weighted by molar-refractivity contribution is 5.51. The van der Waals surface area contributed by atoms with Crippen molar-refractivity contribution in [3.8, 4) is 5.75 Å². The Morgan fingerprint density at radius 2 is 1.59 bits per heavy atom. The molecule has 0 heterocycles. The van der Waals surface area contributed by atoms with E-state index in [-0.39, 0.29) is 6.61 Å². The molecule has 22 heavy (non-hydrogen) atoms. The van der Waals surface area contributed by atoms with Crippen molar-refractivity contribution in [2.45, 2.75) is 44.2 Å². The van der Waals surface area contributed by atoms with Crippen LogP contribution in [-0.2, 0) is 6.61 Å². The average Bonchev–Trinajstić information content (AvgIpc) is 2.57. The molecule has 0 bridgehead atoms. The first-order chi connectivity index (χ1) is 10.8. The van der Waals surface area contributed by atoms with Crippen LogP contribution >= 0.6 is 0 Å². The minimum atomic E-state index is 0.0754. The number of aliphatic hydroxyl groups excluding tert-OH is 1. The summed E-state index contributed by atoms with van der Waals surface area (Å²) in [6.07, 6.45) is 4.57. The highest BCUT2D eigenvalue weighted by Gasteiger charge is 2.22. The number of rotatable bonds is 4. The summed E-state index contributed by atoms with van der Waals surface area (Å²) in [6, 6.07) is 16.1. The molecule has 0 radical (unpaired) electrons. The molecule has 0 aliphatic heterocycles. The molecule has 1 fully saturated rings. The number of phenolic OH excluding ortho intramolecular Hbond substituents is 1. The Balaban J connectivity index is 1.59. The Hall–Kier alpha value is -2.00. The average molecular weight is 297 g/mol. The number of phenols is 1. The summed E-state index contributed by atoms with van der Waals surface area (Å²) < 4.78 is 0. The first-order valence-electron chi connectivity index (χ1n) is 8.00. The second-order valence-electron chi connectivity index (χ2n) is 6.10. The Bertz CT molecular complexity index is 601. The minimum absolute atomic E-state index is 0.0754. The van der Waals surface area contributed by atoms with Crippen LogP contribution in [0.15, 0.2) is 48.5 Å². The molecule has 0 spiro atoms. The quantitative estimate of drug-likeness (QED) is 0.799. The van der Waals surface area contributed by atoms with E-state index in [1.54, 1.807) is 12.1 Å². The molecule has 116 valence electrons. The van der Waals surface area contributed by atoms with Gasteiger partial charge in [0.25, 0.3) is 0 Å². The normalized spacial score (nSPS) is 21.5. The molecule has 1 aliphatic rings. The van der Waals surface area contributed by atoms with Gasteiger partial charge in [-0.25, -0.2) is 0 Å². The van der Waals surface area contributed by atoms with Crippen molar-refractivity contribution in [2.24, 2.45) is 0 Å². The lowest BCUT2D eigenvalue weighted by molar-refractivity contribution is 0.282. The number of nitrogens with one attached hydrogen (secondary N) is 1.